The number of nitrogens with zero attached hydrogens (tertiary/aromatic N) is 1. The summed E-state index contributed by atoms with van der Waals surface area (Å²) in [6, 6.07) is 12.3. The van der Waals surface area contributed by atoms with Gasteiger partial charge in [-0.1, -0.05) is 18.2 Å². The highest BCUT2D eigenvalue weighted by atomic mass is 16.3. The van der Waals surface area contributed by atoms with Crippen molar-refractivity contribution in [1.29, 1.82) is 0 Å². The van der Waals surface area contributed by atoms with Crippen LogP contribution in [0.3, 0.4) is 0 Å². The van der Waals surface area contributed by atoms with Crippen LogP contribution in [0.5, 0.6) is 0 Å². The molecule has 1 aromatic carbocycles. The van der Waals surface area contributed by atoms with Gasteiger partial charge in [0.05, 0.1) is 6.10 Å². The van der Waals surface area contributed by atoms with Crippen molar-refractivity contribution in [3.8, 4) is 0 Å². The van der Waals surface area contributed by atoms with Crippen LogP contribution >= 0.6 is 0 Å². The number of aryl methyl sites for hydroxylation is 1. The molecule has 1 atom stereocenters. The minimum absolute atomic E-state index is 0.102. The molecule has 0 saturated carbocycles. The molecular weight excluding hydrogens is 306 g/mol. The molecule has 0 aliphatic carbocycles. The Kier molecular flexibility index (Phi) is 5.92. The quantitative estimate of drug-likeness (QED) is 0.699. The molecule has 1 unspecified atom stereocenters. The van der Waals surface area contributed by atoms with E-state index in [1.807, 2.05) is 36.0 Å². The molecule has 0 aliphatic heterocycles. The van der Waals surface area contributed by atoms with Crippen molar-refractivity contribution in [3.63, 3.8) is 0 Å². The summed E-state index contributed by atoms with van der Waals surface area (Å²) in [6.45, 7) is 1.67. The van der Waals surface area contributed by atoms with Crippen LogP contribution in [0.2, 0.25) is 0 Å². The van der Waals surface area contributed by atoms with Gasteiger partial charge in [0.1, 0.15) is 5.70 Å². The fourth-order valence-corrected chi connectivity index (χ4v) is 2.05. The molecule has 0 aliphatic rings. The largest absolute Gasteiger partial charge is 0.392 e. The van der Waals surface area contributed by atoms with Gasteiger partial charge in [-0.2, -0.15) is 0 Å². The van der Waals surface area contributed by atoms with E-state index in [0.717, 1.165) is 5.69 Å². The summed E-state index contributed by atoms with van der Waals surface area (Å²) in [7, 11) is 1.84. The maximum atomic E-state index is 12.3. The van der Waals surface area contributed by atoms with E-state index in [1.165, 1.54) is 0 Å². The molecule has 0 spiro atoms. The van der Waals surface area contributed by atoms with Gasteiger partial charge in [-0.25, -0.2) is 0 Å². The van der Waals surface area contributed by atoms with Gasteiger partial charge in [0.15, 0.2) is 0 Å². The first-order valence-electron chi connectivity index (χ1n) is 7.63. The summed E-state index contributed by atoms with van der Waals surface area (Å²) >= 11 is 0. The lowest BCUT2D eigenvalue weighted by atomic mass is 10.2. The molecule has 6 heteroatoms. The fourth-order valence-electron chi connectivity index (χ4n) is 2.05. The Morgan fingerprint density at radius 2 is 1.92 bits per heavy atom. The third-order valence-corrected chi connectivity index (χ3v) is 3.36. The molecule has 0 radical (unpaired) electrons. The summed E-state index contributed by atoms with van der Waals surface area (Å²) in [5.74, 6) is -0.829. The van der Waals surface area contributed by atoms with E-state index in [9.17, 15) is 14.7 Å². The third-order valence-electron chi connectivity index (χ3n) is 3.36. The van der Waals surface area contributed by atoms with Gasteiger partial charge < -0.3 is 20.3 Å². The molecule has 2 rings (SSSR count). The number of hydrogen-bond acceptors (Lipinski definition) is 3. The second-order valence-corrected chi connectivity index (χ2v) is 5.48. The number of amides is 2. The van der Waals surface area contributed by atoms with Crippen LogP contribution in [0.15, 0.2) is 54.4 Å². The van der Waals surface area contributed by atoms with Gasteiger partial charge in [0, 0.05) is 31.0 Å². The fraction of sp³-hybridized carbons (Fsp3) is 0.222. The number of aliphatic hydroxyl groups is 1. The van der Waals surface area contributed by atoms with Crippen LogP contribution in [-0.2, 0) is 11.8 Å². The van der Waals surface area contributed by atoms with Gasteiger partial charge in [-0.15, -0.1) is 0 Å². The number of benzene rings is 1. The van der Waals surface area contributed by atoms with Crippen molar-refractivity contribution in [1.82, 2.24) is 15.2 Å². The maximum Gasteiger partial charge on any atom is 0.267 e. The van der Waals surface area contributed by atoms with E-state index in [1.54, 1.807) is 37.3 Å². The van der Waals surface area contributed by atoms with E-state index >= 15 is 0 Å². The Morgan fingerprint density at radius 3 is 2.50 bits per heavy atom. The van der Waals surface area contributed by atoms with Crippen molar-refractivity contribution >= 4 is 17.9 Å². The van der Waals surface area contributed by atoms with E-state index in [4.69, 9.17) is 0 Å². The SMILES string of the molecule is CC(O)CNC(=O)/C(=C\c1cccn1C)NC(=O)c1ccccc1. The monoisotopic (exact) mass is 327 g/mol. The number of rotatable bonds is 6. The highest BCUT2D eigenvalue weighted by molar-refractivity contribution is 6.05. The van der Waals surface area contributed by atoms with Gasteiger partial charge in [0.25, 0.3) is 11.8 Å². The zero-order chi connectivity index (χ0) is 17.5. The Hall–Kier alpha value is -2.86. The van der Waals surface area contributed by atoms with E-state index < -0.39 is 12.0 Å². The van der Waals surface area contributed by atoms with Gasteiger partial charge >= 0.3 is 0 Å². The van der Waals surface area contributed by atoms with Gasteiger partial charge in [-0.05, 0) is 37.3 Å². The number of carbonyl (C=O) groups excluding carboxylic acids is 2. The molecule has 24 heavy (non-hydrogen) atoms. The summed E-state index contributed by atoms with van der Waals surface area (Å²) < 4.78 is 1.83. The maximum absolute atomic E-state index is 12.3. The zero-order valence-electron chi connectivity index (χ0n) is 13.7. The summed E-state index contributed by atoms with van der Waals surface area (Å²) in [4.78, 5) is 24.7. The van der Waals surface area contributed by atoms with Crippen molar-refractivity contribution < 1.29 is 14.7 Å². The normalized spacial score (nSPS) is 12.5. The minimum Gasteiger partial charge on any atom is -0.392 e. The molecule has 0 fully saturated rings. The van der Waals surface area contributed by atoms with Crippen molar-refractivity contribution in [2.45, 2.75) is 13.0 Å². The number of carbonyl (C=O) groups is 2. The van der Waals surface area contributed by atoms with Crippen LogP contribution in [0.25, 0.3) is 6.08 Å². The second kappa shape index (κ2) is 8.12. The van der Waals surface area contributed by atoms with Gasteiger partial charge in [0.2, 0.25) is 0 Å². The molecule has 3 N–H and O–H groups in total. The lowest BCUT2D eigenvalue weighted by Gasteiger charge is -2.12. The average molecular weight is 327 g/mol. The van der Waals surface area contributed by atoms with E-state index in [0.29, 0.717) is 5.56 Å². The first kappa shape index (κ1) is 17.5. The summed E-state index contributed by atoms with van der Waals surface area (Å²) in [5.41, 5.74) is 1.34. The predicted molar refractivity (Wildman–Crippen MR) is 92.0 cm³/mol. The van der Waals surface area contributed by atoms with Crippen LogP contribution in [-0.4, -0.2) is 34.1 Å². The van der Waals surface area contributed by atoms with Crippen LogP contribution in [0, 0.1) is 0 Å². The van der Waals surface area contributed by atoms with Crippen LogP contribution in [0.1, 0.15) is 23.0 Å². The third kappa shape index (κ3) is 4.82. The topological polar surface area (TPSA) is 83.4 Å². The number of aliphatic hydroxyl groups excluding tert-OH is 1. The first-order chi connectivity index (χ1) is 11.5. The van der Waals surface area contributed by atoms with E-state index in [2.05, 4.69) is 10.6 Å². The summed E-state index contributed by atoms with van der Waals surface area (Å²) in [5, 5.41) is 14.5. The number of nitrogens with one attached hydrogen (secondary N) is 2. The highest BCUT2D eigenvalue weighted by Crippen LogP contribution is 2.07. The van der Waals surface area contributed by atoms with Crippen LogP contribution < -0.4 is 10.6 Å². The molecule has 1 heterocycles. The minimum atomic E-state index is -0.671. The smallest absolute Gasteiger partial charge is 0.267 e. The highest BCUT2D eigenvalue weighted by Gasteiger charge is 2.15. The molecule has 6 nitrogen and oxygen atoms in total. The van der Waals surface area contributed by atoms with Crippen molar-refractivity contribution in [3.05, 3.63) is 65.6 Å². The lowest BCUT2D eigenvalue weighted by Crippen LogP contribution is -2.37. The number of aromatic nitrogens is 1. The molecular formula is C18H21N3O3. The molecule has 0 saturated heterocycles. The standard InChI is InChI=1S/C18H21N3O3/c1-13(22)12-19-18(24)16(11-15-9-6-10-21(15)2)20-17(23)14-7-4-3-5-8-14/h3-11,13,22H,12H2,1-2H3,(H,19,24)(H,20,23)/b16-11+. The second-order valence-electron chi connectivity index (χ2n) is 5.48. The Labute approximate surface area is 140 Å². The average Bonchev–Trinajstić information content (AvgIpc) is 2.97. The first-order valence-corrected chi connectivity index (χ1v) is 7.63. The zero-order valence-corrected chi connectivity index (χ0v) is 13.7. The molecule has 126 valence electrons. The molecule has 2 aromatic rings. The lowest BCUT2D eigenvalue weighted by molar-refractivity contribution is -0.118. The predicted octanol–water partition coefficient (Wildman–Crippen LogP) is 1.29. The van der Waals surface area contributed by atoms with Crippen molar-refractivity contribution in [2.24, 2.45) is 7.05 Å². The Balaban J connectivity index is 2.22. The Morgan fingerprint density at radius 1 is 1.21 bits per heavy atom. The number of hydrogen-bond donors (Lipinski definition) is 3. The van der Waals surface area contributed by atoms with Crippen LogP contribution in [0.4, 0.5) is 0 Å². The van der Waals surface area contributed by atoms with Gasteiger partial charge in [-0.3, -0.25) is 9.59 Å². The molecule has 0 bridgehead atoms. The molecule has 1 aromatic heterocycles. The van der Waals surface area contributed by atoms with E-state index in [-0.39, 0.29) is 18.1 Å². The Bertz CT molecular complexity index is 733. The molecule has 2 amide bonds. The summed E-state index contributed by atoms with van der Waals surface area (Å²) in [6.07, 6.45) is 2.77. The van der Waals surface area contributed by atoms with Crippen molar-refractivity contribution in [2.75, 3.05) is 6.54 Å².